The highest BCUT2D eigenvalue weighted by Crippen LogP contribution is 2.30. The lowest BCUT2D eigenvalue weighted by Crippen LogP contribution is -2.13. The quantitative estimate of drug-likeness (QED) is 0.926. The van der Waals surface area contributed by atoms with E-state index >= 15 is 0 Å². The summed E-state index contributed by atoms with van der Waals surface area (Å²) in [6, 6.07) is 9.39. The maximum atomic E-state index is 13.4. The van der Waals surface area contributed by atoms with Crippen LogP contribution in [0.5, 0.6) is 5.75 Å². The minimum absolute atomic E-state index is 0.336. The summed E-state index contributed by atoms with van der Waals surface area (Å²) in [5.41, 5.74) is 8.61. The Kier molecular flexibility index (Phi) is 4.08. The van der Waals surface area contributed by atoms with Gasteiger partial charge in [0.25, 0.3) is 0 Å². The number of nitrogens with two attached hydrogens (primary N) is 1. The van der Waals surface area contributed by atoms with Crippen molar-refractivity contribution in [3.05, 3.63) is 63.9 Å². The van der Waals surface area contributed by atoms with Crippen LogP contribution in [0.1, 0.15) is 22.7 Å². The zero-order valence-electron chi connectivity index (χ0n) is 10.8. The maximum Gasteiger partial charge on any atom is 0.124 e. The number of methoxy groups -OCH3 is 1. The zero-order valence-corrected chi connectivity index (χ0v) is 11.5. The summed E-state index contributed by atoms with van der Waals surface area (Å²) in [4.78, 5) is 0. The summed E-state index contributed by atoms with van der Waals surface area (Å²) in [7, 11) is 1.54. The van der Waals surface area contributed by atoms with Crippen LogP contribution < -0.4 is 10.5 Å². The second-order valence-corrected chi connectivity index (χ2v) is 4.78. The molecule has 0 saturated carbocycles. The maximum absolute atomic E-state index is 13.4. The van der Waals surface area contributed by atoms with Crippen LogP contribution in [-0.4, -0.2) is 7.11 Å². The second-order valence-electron chi connectivity index (χ2n) is 4.37. The molecular weight excluding hydrogens is 265 g/mol. The summed E-state index contributed by atoms with van der Waals surface area (Å²) in [6.45, 7) is 1.90. The van der Waals surface area contributed by atoms with Gasteiger partial charge < -0.3 is 10.5 Å². The molecule has 100 valence electrons. The summed E-state index contributed by atoms with van der Waals surface area (Å²) >= 11 is 5.99. The van der Waals surface area contributed by atoms with Crippen molar-refractivity contribution in [2.75, 3.05) is 7.11 Å². The largest absolute Gasteiger partial charge is 0.496 e. The Labute approximate surface area is 117 Å². The molecule has 0 radical (unpaired) electrons. The lowest BCUT2D eigenvalue weighted by atomic mass is 9.97. The predicted octanol–water partition coefficient (Wildman–Crippen LogP) is 3.84. The Bertz CT molecular complexity index is 601. The van der Waals surface area contributed by atoms with E-state index in [1.807, 2.05) is 19.1 Å². The van der Waals surface area contributed by atoms with E-state index in [0.717, 1.165) is 11.1 Å². The first-order valence-electron chi connectivity index (χ1n) is 5.88. The molecule has 2 rings (SSSR count). The van der Waals surface area contributed by atoms with Crippen molar-refractivity contribution >= 4 is 11.6 Å². The minimum atomic E-state index is -0.457. The van der Waals surface area contributed by atoms with Crippen LogP contribution in [0.4, 0.5) is 4.39 Å². The fraction of sp³-hybridized carbons (Fsp3) is 0.200. The third kappa shape index (κ3) is 2.88. The molecule has 2 nitrogen and oxygen atoms in total. The van der Waals surface area contributed by atoms with Crippen molar-refractivity contribution in [2.45, 2.75) is 13.0 Å². The first-order chi connectivity index (χ1) is 9.02. The molecule has 1 unspecified atom stereocenters. The number of rotatable bonds is 3. The van der Waals surface area contributed by atoms with Crippen LogP contribution in [-0.2, 0) is 0 Å². The molecule has 2 aromatic rings. The van der Waals surface area contributed by atoms with E-state index in [1.54, 1.807) is 12.1 Å². The zero-order chi connectivity index (χ0) is 14.0. The van der Waals surface area contributed by atoms with Crippen molar-refractivity contribution in [3.63, 3.8) is 0 Å². The van der Waals surface area contributed by atoms with Gasteiger partial charge in [0.05, 0.1) is 13.2 Å². The van der Waals surface area contributed by atoms with Crippen molar-refractivity contribution < 1.29 is 9.13 Å². The molecule has 0 aliphatic carbocycles. The van der Waals surface area contributed by atoms with Crippen molar-refractivity contribution in [3.8, 4) is 5.75 Å². The van der Waals surface area contributed by atoms with Gasteiger partial charge in [0.15, 0.2) is 0 Å². The molecule has 2 aromatic carbocycles. The lowest BCUT2D eigenvalue weighted by molar-refractivity contribution is 0.406. The van der Waals surface area contributed by atoms with Gasteiger partial charge in [-0.1, -0.05) is 23.7 Å². The fourth-order valence-electron chi connectivity index (χ4n) is 1.99. The van der Waals surface area contributed by atoms with Gasteiger partial charge in [-0.2, -0.15) is 0 Å². The molecule has 0 aliphatic heterocycles. The van der Waals surface area contributed by atoms with Crippen molar-refractivity contribution in [2.24, 2.45) is 5.73 Å². The number of hydrogen-bond acceptors (Lipinski definition) is 2. The molecule has 0 saturated heterocycles. The van der Waals surface area contributed by atoms with Gasteiger partial charge in [-0.05, 0) is 42.3 Å². The van der Waals surface area contributed by atoms with Gasteiger partial charge >= 0.3 is 0 Å². The summed E-state index contributed by atoms with van der Waals surface area (Å²) in [5.74, 6) is 0.235. The second kappa shape index (κ2) is 5.59. The van der Waals surface area contributed by atoms with Crippen LogP contribution in [0.25, 0.3) is 0 Å². The van der Waals surface area contributed by atoms with Gasteiger partial charge in [-0.3, -0.25) is 0 Å². The molecule has 1 atom stereocenters. The third-order valence-electron chi connectivity index (χ3n) is 3.07. The number of ether oxygens (including phenoxy) is 1. The molecule has 0 bridgehead atoms. The van der Waals surface area contributed by atoms with Crippen molar-refractivity contribution in [1.29, 1.82) is 0 Å². The monoisotopic (exact) mass is 279 g/mol. The van der Waals surface area contributed by atoms with Gasteiger partial charge in [-0.15, -0.1) is 0 Å². The average molecular weight is 280 g/mol. The lowest BCUT2D eigenvalue weighted by Gasteiger charge is -2.17. The topological polar surface area (TPSA) is 35.2 Å². The minimum Gasteiger partial charge on any atom is -0.496 e. The Hall–Kier alpha value is -1.58. The van der Waals surface area contributed by atoms with E-state index in [1.165, 1.54) is 19.2 Å². The standard InChI is InChI=1S/C15H15ClFNO/c1-9-7-10(3-5-13(9)16)15(18)12-8-11(17)4-6-14(12)19-2/h3-8,15H,18H2,1-2H3. The fourth-order valence-corrected chi connectivity index (χ4v) is 2.11. The summed E-state index contributed by atoms with van der Waals surface area (Å²) in [5, 5.41) is 0.683. The molecule has 0 aromatic heterocycles. The number of hydrogen-bond donors (Lipinski definition) is 1. The third-order valence-corrected chi connectivity index (χ3v) is 3.49. The van der Waals surface area contributed by atoms with Crippen LogP contribution >= 0.6 is 11.6 Å². The van der Waals surface area contributed by atoms with E-state index in [-0.39, 0.29) is 5.82 Å². The van der Waals surface area contributed by atoms with E-state index in [9.17, 15) is 4.39 Å². The molecule has 0 heterocycles. The van der Waals surface area contributed by atoms with Crippen molar-refractivity contribution in [1.82, 2.24) is 0 Å². The van der Waals surface area contributed by atoms with Gasteiger partial charge in [-0.25, -0.2) is 4.39 Å². The Balaban J connectivity index is 2.45. The predicted molar refractivity (Wildman–Crippen MR) is 75.2 cm³/mol. The van der Waals surface area contributed by atoms with Crippen LogP contribution in [0.2, 0.25) is 5.02 Å². The Morgan fingerprint density at radius 2 is 1.95 bits per heavy atom. The molecule has 2 N–H and O–H groups in total. The normalized spacial score (nSPS) is 12.3. The van der Waals surface area contributed by atoms with E-state index in [0.29, 0.717) is 16.3 Å². The van der Waals surface area contributed by atoms with E-state index in [4.69, 9.17) is 22.1 Å². The SMILES string of the molecule is COc1ccc(F)cc1C(N)c1ccc(Cl)c(C)c1. The molecule has 0 spiro atoms. The highest BCUT2D eigenvalue weighted by molar-refractivity contribution is 6.31. The summed E-state index contributed by atoms with van der Waals surface area (Å²) < 4.78 is 18.6. The smallest absolute Gasteiger partial charge is 0.124 e. The molecule has 0 fully saturated rings. The first kappa shape index (κ1) is 13.8. The van der Waals surface area contributed by atoms with E-state index in [2.05, 4.69) is 0 Å². The number of benzene rings is 2. The molecular formula is C15H15ClFNO. The Morgan fingerprint density at radius 1 is 1.21 bits per heavy atom. The number of aryl methyl sites for hydroxylation is 1. The van der Waals surface area contributed by atoms with Crippen LogP contribution in [0.15, 0.2) is 36.4 Å². The summed E-state index contributed by atoms with van der Waals surface area (Å²) in [6.07, 6.45) is 0. The molecule has 19 heavy (non-hydrogen) atoms. The van der Waals surface area contributed by atoms with Crippen LogP contribution in [0, 0.1) is 12.7 Å². The first-order valence-corrected chi connectivity index (χ1v) is 6.26. The average Bonchev–Trinajstić information content (AvgIpc) is 2.41. The Morgan fingerprint density at radius 3 is 2.58 bits per heavy atom. The van der Waals surface area contributed by atoms with Gasteiger partial charge in [0.2, 0.25) is 0 Å². The molecule has 4 heteroatoms. The van der Waals surface area contributed by atoms with Gasteiger partial charge in [0, 0.05) is 10.6 Å². The highest BCUT2D eigenvalue weighted by atomic mass is 35.5. The highest BCUT2D eigenvalue weighted by Gasteiger charge is 2.15. The van der Waals surface area contributed by atoms with E-state index < -0.39 is 6.04 Å². The van der Waals surface area contributed by atoms with Gasteiger partial charge in [0.1, 0.15) is 11.6 Å². The van der Waals surface area contributed by atoms with Crippen LogP contribution in [0.3, 0.4) is 0 Å². The molecule has 0 aliphatic rings. The number of halogens is 2. The molecule has 0 amide bonds.